The van der Waals surface area contributed by atoms with Gasteiger partial charge in [0.2, 0.25) is 23.6 Å². The van der Waals surface area contributed by atoms with Gasteiger partial charge >= 0.3 is 6.09 Å². The Labute approximate surface area is 207 Å². The minimum Gasteiger partial charge on any atom is -0.445 e. The molecule has 0 aliphatic carbocycles. The number of amides is 5. The smallest absolute Gasteiger partial charge is 0.408 e. The highest BCUT2D eigenvalue weighted by molar-refractivity contribution is 5.96. The van der Waals surface area contributed by atoms with Crippen molar-refractivity contribution in [3.63, 3.8) is 0 Å². The van der Waals surface area contributed by atoms with Gasteiger partial charge in [0.25, 0.3) is 0 Å². The molecule has 0 spiro atoms. The third-order valence-corrected chi connectivity index (χ3v) is 4.98. The first-order valence-corrected chi connectivity index (χ1v) is 11.0. The Balaban J connectivity index is 2.00. The Kier molecular flexibility index (Phi) is 10.9. The SMILES string of the molecule is NC(=O)C[C@H](NC(=O)[C@H](CO)NC(=O)OCc1ccccc1)C(=O)N[C@@H](Cc1ccccc1)C(N)=O. The zero-order chi connectivity index (χ0) is 26.5. The minimum atomic E-state index is -1.50. The van der Waals surface area contributed by atoms with E-state index in [4.69, 9.17) is 16.2 Å². The van der Waals surface area contributed by atoms with Crippen LogP contribution >= 0.6 is 0 Å². The van der Waals surface area contributed by atoms with Crippen LogP contribution in [0, 0.1) is 0 Å². The van der Waals surface area contributed by atoms with Gasteiger partial charge < -0.3 is 37.3 Å². The van der Waals surface area contributed by atoms with Gasteiger partial charge in [-0.15, -0.1) is 0 Å². The molecule has 3 atom stereocenters. The van der Waals surface area contributed by atoms with E-state index in [9.17, 15) is 29.1 Å². The molecule has 0 radical (unpaired) electrons. The van der Waals surface area contributed by atoms with Gasteiger partial charge in [0.15, 0.2) is 0 Å². The van der Waals surface area contributed by atoms with E-state index in [1.165, 1.54) is 0 Å². The van der Waals surface area contributed by atoms with E-state index in [0.29, 0.717) is 5.56 Å². The summed E-state index contributed by atoms with van der Waals surface area (Å²) in [5.74, 6) is -3.61. The minimum absolute atomic E-state index is 0.0743. The van der Waals surface area contributed by atoms with Gasteiger partial charge in [-0.05, 0) is 11.1 Å². The summed E-state index contributed by atoms with van der Waals surface area (Å²) in [7, 11) is 0. The number of carbonyl (C=O) groups excluding carboxylic acids is 5. The Bertz CT molecular complexity index is 1050. The summed E-state index contributed by atoms with van der Waals surface area (Å²) in [6.07, 6.45) is -1.52. The molecular weight excluding hydrogens is 470 g/mol. The van der Waals surface area contributed by atoms with Crippen LogP contribution < -0.4 is 27.4 Å². The summed E-state index contributed by atoms with van der Waals surface area (Å²) < 4.78 is 5.02. The molecule has 0 bridgehead atoms. The Morgan fingerprint density at radius 2 is 1.28 bits per heavy atom. The number of hydrogen-bond donors (Lipinski definition) is 6. The normalized spacial score (nSPS) is 12.9. The number of rotatable bonds is 13. The monoisotopic (exact) mass is 499 g/mol. The quantitative estimate of drug-likeness (QED) is 0.199. The number of aliphatic hydroxyl groups is 1. The molecule has 36 heavy (non-hydrogen) atoms. The second-order valence-corrected chi connectivity index (χ2v) is 7.83. The fraction of sp³-hybridized carbons (Fsp3) is 0.292. The van der Waals surface area contributed by atoms with Crippen molar-refractivity contribution in [3.8, 4) is 0 Å². The first-order valence-electron chi connectivity index (χ1n) is 11.0. The third kappa shape index (κ3) is 9.43. The second-order valence-electron chi connectivity index (χ2n) is 7.83. The fourth-order valence-electron chi connectivity index (χ4n) is 3.13. The number of primary amides is 2. The molecular formula is C24H29N5O7. The molecule has 0 saturated carbocycles. The summed E-state index contributed by atoms with van der Waals surface area (Å²) in [5.41, 5.74) is 12.0. The lowest BCUT2D eigenvalue weighted by molar-refractivity contribution is -0.133. The van der Waals surface area contributed by atoms with E-state index in [1.54, 1.807) is 60.7 Å². The van der Waals surface area contributed by atoms with E-state index in [0.717, 1.165) is 5.56 Å². The van der Waals surface area contributed by atoms with Crippen molar-refractivity contribution in [2.45, 2.75) is 37.6 Å². The van der Waals surface area contributed by atoms with Gasteiger partial charge in [-0.25, -0.2) is 4.79 Å². The van der Waals surface area contributed by atoms with Crippen molar-refractivity contribution in [3.05, 3.63) is 71.8 Å². The third-order valence-electron chi connectivity index (χ3n) is 4.98. The number of aliphatic hydroxyl groups excluding tert-OH is 1. The summed E-state index contributed by atoms with van der Waals surface area (Å²) in [4.78, 5) is 60.9. The molecule has 192 valence electrons. The molecule has 8 N–H and O–H groups in total. The maximum absolute atomic E-state index is 12.8. The van der Waals surface area contributed by atoms with Crippen molar-refractivity contribution < 1.29 is 33.8 Å². The van der Waals surface area contributed by atoms with Gasteiger partial charge in [0.05, 0.1) is 13.0 Å². The Morgan fingerprint density at radius 3 is 1.81 bits per heavy atom. The number of alkyl carbamates (subject to hydrolysis) is 1. The number of nitrogens with one attached hydrogen (secondary N) is 3. The summed E-state index contributed by atoms with van der Waals surface area (Å²) in [6, 6.07) is 13.4. The average Bonchev–Trinajstić information content (AvgIpc) is 2.86. The number of hydrogen-bond acceptors (Lipinski definition) is 7. The predicted molar refractivity (Wildman–Crippen MR) is 128 cm³/mol. The van der Waals surface area contributed by atoms with Gasteiger partial charge in [-0.2, -0.15) is 0 Å². The highest BCUT2D eigenvalue weighted by Gasteiger charge is 2.30. The van der Waals surface area contributed by atoms with E-state index >= 15 is 0 Å². The van der Waals surface area contributed by atoms with Crippen molar-refractivity contribution in [1.29, 1.82) is 0 Å². The largest absolute Gasteiger partial charge is 0.445 e. The van der Waals surface area contributed by atoms with Crippen LogP contribution in [0.1, 0.15) is 17.5 Å². The van der Waals surface area contributed by atoms with Crippen LogP contribution in [0.5, 0.6) is 0 Å². The van der Waals surface area contributed by atoms with Crippen LogP contribution in [0.3, 0.4) is 0 Å². The molecule has 0 aromatic heterocycles. The zero-order valence-corrected chi connectivity index (χ0v) is 19.4. The number of benzene rings is 2. The second kappa shape index (κ2) is 14.1. The highest BCUT2D eigenvalue weighted by Crippen LogP contribution is 2.05. The van der Waals surface area contributed by atoms with Crippen LogP contribution in [-0.4, -0.2) is 59.6 Å². The van der Waals surface area contributed by atoms with Crippen molar-refractivity contribution in [1.82, 2.24) is 16.0 Å². The summed E-state index contributed by atoms with van der Waals surface area (Å²) in [5, 5.41) is 16.4. The van der Waals surface area contributed by atoms with E-state index in [-0.39, 0.29) is 13.0 Å². The highest BCUT2D eigenvalue weighted by atomic mass is 16.5. The lowest BCUT2D eigenvalue weighted by Gasteiger charge is -2.23. The van der Waals surface area contributed by atoms with Crippen molar-refractivity contribution in [2.24, 2.45) is 11.5 Å². The van der Waals surface area contributed by atoms with Crippen molar-refractivity contribution >= 4 is 29.7 Å². The molecule has 0 aliphatic rings. The summed E-state index contributed by atoms with van der Waals surface area (Å²) >= 11 is 0. The molecule has 2 aromatic carbocycles. The van der Waals surface area contributed by atoms with Gasteiger partial charge in [0, 0.05) is 6.42 Å². The molecule has 0 fully saturated rings. The molecule has 0 heterocycles. The maximum atomic E-state index is 12.8. The number of nitrogens with two attached hydrogens (primary N) is 2. The summed E-state index contributed by atoms with van der Waals surface area (Å²) in [6.45, 7) is -0.899. The van der Waals surface area contributed by atoms with Gasteiger partial charge in [-0.1, -0.05) is 60.7 Å². The molecule has 2 aromatic rings. The topological polar surface area (TPSA) is 203 Å². The van der Waals surface area contributed by atoms with E-state index in [1.807, 2.05) is 0 Å². The number of ether oxygens (including phenoxy) is 1. The Hall–Kier alpha value is -4.45. The molecule has 2 rings (SSSR count). The van der Waals surface area contributed by atoms with Crippen LogP contribution in [0.4, 0.5) is 4.79 Å². The van der Waals surface area contributed by atoms with Crippen LogP contribution in [0.25, 0.3) is 0 Å². The predicted octanol–water partition coefficient (Wildman–Crippen LogP) is -1.15. The van der Waals surface area contributed by atoms with Crippen LogP contribution in [-0.2, 0) is 36.9 Å². The van der Waals surface area contributed by atoms with E-state index < -0.39 is 60.9 Å². The van der Waals surface area contributed by atoms with Gasteiger partial charge in [-0.3, -0.25) is 19.2 Å². The molecule has 0 saturated heterocycles. The lowest BCUT2D eigenvalue weighted by atomic mass is 10.0. The lowest BCUT2D eigenvalue weighted by Crippen LogP contribution is -2.58. The first kappa shape index (κ1) is 27.8. The fourth-order valence-corrected chi connectivity index (χ4v) is 3.13. The standard InChI is InChI=1S/C24H29N5O7/c25-20(31)12-18(22(33)27-17(21(26)32)11-15-7-3-1-4-8-15)28-23(34)19(13-30)29-24(35)36-14-16-9-5-2-6-10-16/h1-10,17-19,30H,11-14H2,(H2,25,31)(H2,26,32)(H,27,33)(H,28,34)(H,29,35)/t17-,18-,19-/m0/s1. The molecule has 5 amide bonds. The van der Waals surface area contributed by atoms with Crippen LogP contribution in [0.15, 0.2) is 60.7 Å². The molecule has 0 unspecified atom stereocenters. The zero-order valence-electron chi connectivity index (χ0n) is 19.4. The molecule has 12 heteroatoms. The Morgan fingerprint density at radius 1 is 0.750 bits per heavy atom. The molecule has 12 nitrogen and oxygen atoms in total. The van der Waals surface area contributed by atoms with Gasteiger partial charge in [0.1, 0.15) is 24.7 Å². The van der Waals surface area contributed by atoms with Crippen LogP contribution in [0.2, 0.25) is 0 Å². The maximum Gasteiger partial charge on any atom is 0.408 e. The van der Waals surface area contributed by atoms with Crippen molar-refractivity contribution in [2.75, 3.05) is 6.61 Å². The number of carbonyl (C=O) groups is 5. The molecule has 0 aliphatic heterocycles. The first-order chi connectivity index (χ1) is 17.2. The van der Waals surface area contributed by atoms with E-state index in [2.05, 4.69) is 16.0 Å². The average molecular weight is 500 g/mol.